The van der Waals surface area contributed by atoms with Gasteiger partial charge in [-0.1, -0.05) is 30.3 Å². The van der Waals surface area contributed by atoms with Gasteiger partial charge in [0.25, 0.3) is 5.56 Å². The van der Waals surface area contributed by atoms with Gasteiger partial charge in [-0.15, -0.1) is 0 Å². The number of carbonyl (C=O) groups is 1. The molecule has 0 spiro atoms. The number of anilines is 3. The maximum Gasteiger partial charge on any atom is 0.330 e. The molecule has 2 aromatic carbocycles. The van der Waals surface area contributed by atoms with E-state index in [0.717, 1.165) is 12.0 Å². The zero-order valence-electron chi connectivity index (χ0n) is 18.9. The number of nitrogens with two attached hydrogens (primary N) is 1. The Bertz CT molecular complexity index is 1290. The predicted octanol–water partition coefficient (Wildman–Crippen LogP) is 1.79. The van der Waals surface area contributed by atoms with Gasteiger partial charge in [0.2, 0.25) is 5.91 Å². The maximum absolute atomic E-state index is 12.8. The summed E-state index contributed by atoms with van der Waals surface area (Å²) in [6, 6.07) is 14.5. The van der Waals surface area contributed by atoms with Crippen molar-refractivity contribution in [2.45, 2.75) is 19.9 Å². The number of hydrogen-bond donors (Lipinski definition) is 3. The lowest BCUT2D eigenvalue weighted by Crippen LogP contribution is -2.41. The van der Waals surface area contributed by atoms with Crippen LogP contribution in [0.3, 0.4) is 0 Å². The van der Waals surface area contributed by atoms with Crippen LogP contribution in [0.5, 0.6) is 11.5 Å². The van der Waals surface area contributed by atoms with E-state index in [0.29, 0.717) is 36.9 Å². The molecule has 3 aromatic rings. The molecule has 1 aromatic heterocycles. The maximum atomic E-state index is 12.8. The summed E-state index contributed by atoms with van der Waals surface area (Å²) < 4.78 is 12.6. The molecule has 1 amide bonds. The number of rotatable bonds is 7. The number of nitrogens with zero attached hydrogens (tertiary/aromatic N) is 2. The third-order valence-corrected chi connectivity index (χ3v) is 5.46. The number of H-pyrrole nitrogens is 1. The number of ether oxygens (including phenoxy) is 2. The lowest BCUT2D eigenvalue weighted by molar-refractivity contribution is -0.115. The fourth-order valence-electron chi connectivity index (χ4n) is 3.77. The number of hydrogen-bond acceptors (Lipinski definition) is 7. The molecule has 0 aliphatic carbocycles. The molecular formula is C24H27N5O5. The fraction of sp³-hybridized carbons (Fsp3) is 0.292. The zero-order valence-corrected chi connectivity index (χ0v) is 18.9. The van der Waals surface area contributed by atoms with Gasteiger partial charge < -0.3 is 25.4 Å². The van der Waals surface area contributed by atoms with E-state index in [1.165, 1.54) is 9.47 Å². The molecule has 2 heterocycles. The van der Waals surface area contributed by atoms with E-state index in [2.05, 4.69) is 10.3 Å². The summed E-state index contributed by atoms with van der Waals surface area (Å²) >= 11 is 0. The Kier molecular flexibility index (Phi) is 6.86. The highest BCUT2D eigenvalue weighted by Crippen LogP contribution is 2.32. The lowest BCUT2D eigenvalue weighted by atomic mass is 10.2. The number of benzene rings is 2. The van der Waals surface area contributed by atoms with Crippen LogP contribution in [0.25, 0.3) is 0 Å². The number of nitrogens with one attached hydrogen (secondary N) is 2. The Hall–Kier alpha value is -4.21. The van der Waals surface area contributed by atoms with E-state index in [9.17, 15) is 14.4 Å². The molecule has 0 fully saturated rings. The van der Waals surface area contributed by atoms with Crippen molar-refractivity contribution in [3.63, 3.8) is 0 Å². The Labute approximate surface area is 195 Å². The number of amides is 1. The highest BCUT2D eigenvalue weighted by atomic mass is 16.5. The van der Waals surface area contributed by atoms with Crippen molar-refractivity contribution in [2.24, 2.45) is 0 Å². The average Bonchev–Trinajstić information content (AvgIpc) is 3.06. The topological polar surface area (TPSA) is 132 Å². The van der Waals surface area contributed by atoms with E-state index in [-0.39, 0.29) is 30.5 Å². The van der Waals surface area contributed by atoms with Gasteiger partial charge in [-0.3, -0.25) is 19.1 Å². The number of nitrogen functional groups attached to an aromatic ring is 1. The van der Waals surface area contributed by atoms with Crippen LogP contribution in [0.15, 0.2) is 58.1 Å². The van der Waals surface area contributed by atoms with E-state index in [4.69, 9.17) is 15.2 Å². The summed E-state index contributed by atoms with van der Waals surface area (Å²) in [7, 11) is 0. The quantitative estimate of drug-likeness (QED) is 0.485. The van der Waals surface area contributed by atoms with Gasteiger partial charge in [0.05, 0.1) is 26.3 Å². The lowest BCUT2D eigenvalue weighted by Gasteiger charge is -2.24. The van der Waals surface area contributed by atoms with Crippen molar-refractivity contribution in [3.05, 3.63) is 74.9 Å². The van der Waals surface area contributed by atoms with Crippen molar-refractivity contribution in [1.29, 1.82) is 0 Å². The molecule has 4 N–H and O–H groups in total. The monoisotopic (exact) mass is 465 g/mol. The standard InChI is InChI=1S/C24H27N5O5/c1-2-28(15-20(30)26-17-9-10-18-19(13-17)34-12-6-11-33-18)21-22(25)29(24(32)27-23(21)31)14-16-7-4-3-5-8-16/h3-5,7-10,13H,2,6,11-12,14-15,25H2,1H3,(H,26,30)(H,27,31,32). The molecular weight excluding hydrogens is 438 g/mol. The molecule has 0 radical (unpaired) electrons. The zero-order chi connectivity index (χ0) is 24.1. The Morgan fingerprint density at radius 3 is 2.59 bits per heavy atom. The summed E-state index contributed by atoms with van der Waals surface area (Å²) in [5.41, 5.74) is 6.49. The minimum absolute atomic E-state index is 0.00262. The second-order valence-corrected chi connectivity index (χ2v) is 7.84. The van der Waals surface area contributed by atoms with Crippen LogP contribution in [0.4, 0.5) is 17.2 Å². The molecule has 1 aliphatic rings. The minimum atomic E-state index is -0.642. The molecule has 0 saturated carbocycles. The second-order valence-electron chi connectivity index (χ2n) is 7.84. The summed E-state index contributed by atoms with van der Waals surface area (Å²) in [4.78, 5) is 41.7. The molecule has 0 saturated heterocycles. The first-order valence-electron chi connectivity index (χ1n) is 11.1. The molecule has 0 bridgehead atoms. The van der Waals surface area contributed by atoms with Gasteiger partial charge in [0, 0.05) is 24.7 Å². The summed E-state index contributed by atoms with van der Waals surface area (Å²) in [6.07, 6.45) is 0.782. The van der Waals surface area contributed by atoms with Crippen molar-refractivity contribution >= 4 is 23.1 Å². The van der Waals surface area contributed by atoms with Crippen LogP contribution < -0.4 is 36.7 Å². The molecule has 10 heteroatoms. The summed E-state index contributed by atoms with van der Waals surface area (Å²) in [5, 5.41) is 2.81. The van der Waals surface area contributed by atoms with Gasteiger partial charge in [0.1, 0.15) is 11.5 Å². The van der Waals surface area contributed by atoms with Crippen LogP contribution in [0, 0.1) is 0 Å². The molecule has 0 unspecified atom stereocenters. The van der Waals surface area contributed by atoms with Crippen LogP contribution in [0.2, 0.25) is 0 Å². The van der Waals surface area contributed by atoms with Crippen molar-refractivity contribution in [1.82, 2.24) is 9.55 Å². The normalized spacial score (nSPS) is 12.6. The Morgan fingerprint density at radius 2 is 1.85 bits per heavy atom. The SMILES string of the molecule is CCN(CC(=O)Nc1ccc2c(c1)OCCCO2)c1c(N)n(Cc2ccccc2)c(=O)[nH]c1=O. The van der Waals surface area contributed by atoms with Crippen LogP contribution in [-0.4, -0.2) is 41.8 Å². The average molecular weight is 466 g/mol. The second kappa shape index (κ2) is 10.2. The third kappa shape index (κ3) is 5.06. The van der Waals surface area contributed by atoms with Gasteiger partial charge in [-0.25, -0.2) is 4.79 Å². The number of aromatic amines is 1. The Morgan fingerprint density at radius 1 is 1.12 bits per heavy atom. The van der Waals surface area contributed by atoms with E-state index < -0.39 is 11.2 Å². The summed E-state index contributed by atoms with van der Waals surface area (Å²) in [6.45, 7) is 3.29. The third-order valence-electron chi connectivity index (χ3n) is 5.46. The largest absolute Gasteiger partial charge is 0.490 e. The van der Waals surface area contributed by atoms with Gasteiger partial charge in [0.15, 0.2) is 11.5 Å². The highest BCUT2D eigenvalue weighted by molar-refractivity contribution is 5.94. The van der Waals surface area contributed by atoms with Gasteiger partial charge in [-0.2, -0.15) is 0 Å². The Balaban J connectivity index is 1.54. The summed E-state index contributed by atoms with van der Waals surface area (Å²) in [5.74, 6) is 0.848. The van der Waals surface area contributed by atoms with Crippen LogP contribution >= 0.6 is 0 Å². The van der Waals surface area contributed by atoms with E-state index in [1.807, 2.05) is 30.3 Å². The van der Waals surface area contributed by atoms with Crippen LogP contribution in [-0.2, 0) is 11.3 Å². The predicted molar refractivity (Wildman–Crippen MR) is 130 cm³/mol. The number of fused-ring (bicyclic) bond motifs is 1. The first kappa shape index (κ1) is 23.0. The van der Waals surface area contributed by atoms with Gasteiger partial charge >= 0.3 is 5.69 Å². The molecule has 0 atom stereocenters. The number of likely N-dealkylation sites (N-methyl/N-ethyl adjacent to an activating group) is 1. The van der Waals surface area contributed by atoms with E-state index >= 15 is 0 Å². The van der Waals surface area contributed by atoms with Gasteiger partial charge in [-0.05, 0) is 24.6 Å². The molecule has 10 nitrogen and oxygen atoms in total. The molecule has 34 heavy (non-hydrogen) atoms. The minimum Gasteiger partial charge on any atom is -0.490 e. The highest BCUT2D eigenvalue weighted by Gasteiger charge is 2.21. The fourth-order valence-corrected chi connectivity index (χ4v) is 3.77. The van der Waals surface area contributed by atoms with Crippen LogP contribution in [0.1, 0.15) is 18.9 Å². The van der Waals surface area contributed by atoms with Crippen molar-refractivity contribution < 1.29 is 14.3 Å². The first-order valence-corrected chi connectivity index (χ1v) is 11.1. The smallest absolute Gasteiger partial charge is 0.330 e. The van der Waals surface area contributed by atoms with E-state index in [1.54, 1.807) is 25.1 Å². The van der Waals surface area contributed by atoms with Crippen molar-refractivity contribution in [3.8, 4) is 11.5 Å². The molecule has 178 valence electrons. The number of carbonyl (C=O) groups excluding carboxylic acids is 1. The number of aromatic nitrogens is 2. The first-order chi connectivity index (χ1) is 16.5. The molecule has 1 aliphatic heterocycles. The van der Waals surface area contributed by atoms with Crippen molar-refractivity contribution in [2.75, 3.05) is 42.3 Å². The molecule has 4 rings (SSSR count).